The van der Waals surface area contributed by atoms with Gasteiger partial charge in [0.05, 0.1) is 41.4 Å². The van der Waals surface area contributed by atoms with Crippen molar-refractivity contribution in [1.82, 2.24) is 34.9 Å². The van der Waals surface area contributed by atoms with Crippen LogP contribution in [0.2, 0.25) is 0 Å². The number of hydrogen-bond acceptors (Lipinski definition) is 9. The third-order valence-corrected chi connectivity index (χ3v) is 9.42. The Labute approximate surface area is 236 Å². The molecule has 3 aliphatic carbocycles. The lowest BCUT2D eigenvalue weighted by Gasteiger charge is -2.56. The van der Waals surface area contributed by atoms with Gasteiger partial charge in [-0.15, -0.1) is 10.2 Å². The van der Waals surface area contributed by atoms with E-state index in [2.05, 4.69) is 39.1 Å². The Morgan fingerprint density at radius 3 is 2.56 bits per heavy atom. The number of aryl methyl sites for hydroxylation is 1. The van der Waals surface area contributed by atoms with Crippen LogP contribution in [0.3, 0.4) is 0 Å². The smallest absolute Gasteiger partial charge is 0.252 e. The molecule has 1 saturated carbocycles. The summed E-state index contributed by atoms with van der Waals surface area (Å²) < 4.78 is 59.7. The highest BCUT2D eigenvalue weighted by atomic mass is 32.2. The van der Waals surface area contributed by atoms with E-state index in [0.29, 0.717) is 29.4 Å². The van der Waals surface area contributed by atoms with Gasteiger partial charge >= 0.3 is 0 Å². The summed E-state index contributed by atoms with van der Waals surface area (Å²) in [7, 11) is -1.62. The number of nitrogens with zero attached hydrogens (tertiary/aromatic N) is 7. The highest BCUT2D eigenvalue weighted by Gasteiger charge is 2.60. The lowest BCUT2D eigenvalue weighted by atomic mass is 9.47. The zero-order valence-corrected chi connectivity index (χ0v) is 23.9. The summed E-state index contributed by atoms with van der Waals surface area (Å²) in [5, 5.41) is 13.4. The van der Waals surface area contributed by atoms with E-state index in [9.17, 15) is 17.2 Å². The second-order valence-corrected chi connectivity index (χ2v) is 13.7. The summed E-state index contributed by atoms with van der Waals surface area (Å²) in [6.45, 7) is 4.32. The van der Waals surface area contributed by atoms with Crippen molar-refractivity contribution in [2.45, 2.75) is 50.9 Å². The third-order valence-electron chi connectivity index (χ3n) is 8.47. The van der Waals surface area contributed by atoms with Crippen molar-refractivity contribution in [3.8, 4) is 23.0 Å². The highest BCUT2D eigenvalue weighted by molar-refractivity contribution is 7.90. The second-order valence-electron chi connectivity index (χ2n) is 11.4. The van der Waals surface area contributed by atoms with Crippen LogP contribution in [0.25, 0.3) is 17.2 Å². The third kappa shape index (κ3) is 4.46. The molecule has 0 radical (unpaired) electrons. The Bertz CT molecular complexity index is 1760. The molecule has 13 heteroatoms. The maximum absolute atomic E-state index is 14.6. The number of benzene rings is 1. The molecule has 0 aliphatic heterocycles. The molecule has 10 nitrogen and oxygen atoms in total. The molecule has 3 aromatic heterocycles. The van der Waals surface area contributed by atoms with Gasteiger partial charge in [-0.1, -0.05) is 19.9 Å². The van der Waals surface area contributed by atoms with Gasteiger partial charge in [0, 0.05) is 12.7 Å². The van der Waals surface area contributed by atoms with E-state index in [1.165, 1.54) is 35.5 Å². The summed E-state index contributed by atoms with van der Waals surface area (Å²) in [6, 6.07) is 5.50. The molecule has 1 fully saturated rings. The van der Waals surface area contributed by atoms with Gasteiger partial charge in [-0.25, -0.2) is 32.2 Å². The molecule has 0 N–H and O–H groups in total. The van der Waals surface area contributed by atoms with Crippen molar-refractivity contribution in [1.29, 1.82) is 0 Å². The van der Waals surface area contributed by atoms with Crippen LogP contribution in [0.5, 0.6) is 5.75 Å². The Balaban J connectivity index is 1.49. The van der Waals surface area contributed by atoms with Crippen molar-refractivity contribution in [2.75, 3.05) is 19.1 Å². The highest BCUT2D eigenvalue weighted by Crippen LogP contribution is 2.65. The molecule has 0 amide bonds. The fourth-order valence-electron chi connectivity index (χ4n) is 6.50. The molecule has 3 aliphatic rings. The van der Waals surface area contributed by atoms with Crippen molar-refractivity contribution in [3.63, 3.8) is 0 Å². The van der Waals surface area contributed by atoms with E-state index >= 15 is 0 Å². The molecule has 4 aromatic rings. The first-order chi connectivity index (χ1) is 19.4. The normalized spacial score (nSPS) is 21.1. The molecular formula is C28H29F2N7O3S. The summed E-state index contributed by atoms with van der Waals surface area (Å²) in [5.41, 5.74) is 1.11. The van der Waals surface area contributed by atoms with E-state index in [1.54, 1.807) is 19.4 Å². The first-order valence-corrected chi connectivity index (χ1v) is 15.3. The quantitative estimate of drug-likeness (QED) is 0.319. The Morgan fingerprint density at radius 2 is 1.88 bits per heavy atom. The molecule has 3 heterocycles. The predicted octanol–water partition coefficient (Wildman–Crippen LogP) is 3.98. The average molecular weight is 582 g/mol. The lowest BCUT2D eigenvalue weighted by molar-refractivity contribution is 0.0785. The minimum atomic E-state index is -3.17. The summed E-state index contributed by atoms with van der Waals surface area (Å²) in [6.07, 6.45) is 6.70. The van der Waals surface area contributed by atoms with Gasteiger partial charge in [-0.05, 0) is 54.4 Å². The Hall–Kier alpha value is -3.87. The SMILES string of the molecule is COc1cnc(-n2cnc(CCS(C)(=O)=O)n2)nc1[C@]12CC[C@H](CC1(C)C)c1cc(-c3c(F)cccc3F)nnc12. The molecular weight excluding hydrogens is 552 g/mol. The maximum Gasteiger partial charge on any atom is 0.252 e. The Kier molecular flexibility index (Phi) is 6.40. The van der Waals surface area contributed by atoms with E-state index in [0.717, 1.165) is 18.4 Å². The predicted molar refractivity (Wildman–Crippen MR) is 145 cm³/mol. The fourth-order valence-corrected chi connectivity index (χ4v) is 7.06. The van der Waals surface area contributed by atoms with E-state index in [1.807, 2.05) is 0 Å². The number of ether oxygens (including phenoxy) is 1. The fraction of sp³-hybridized carbons (Fsp3) is 0.429. The largest absolute Gasteiger partial charge is 0.493 e. The van der Waals surface area contributed by atoms with Crippen LogP contribution in [0, 0.1) is 17.0 Å². The topological polar surface area (TPSA) is 126 Å². The first-order valence-electron chi connectivity index (χ1n) is 13.3. The summed E-state index contributed by atoms with van der Waals surface area (Å²) in [5.74, 6) is -0.239. The zero-order chi connectivity index (χ0) is 29.2. The summed E-state index contributed by atoms with van der Waals surface area (Å²) in [4.78, 5) is 13.6. The van der Waals surface area contributed by atoms with Gasteiger partial charge in [-0.3, -0.25) is 0 Å². The van der Waals surface area contributed by atoms with Gasteiger partial charge in [-0.2, -0.15) is 9.78 Å². The number of sulfone groups is 1. The second kappa shape index (κ2) is 9.61. The van der Waals surface area contributed by atoms with Crippen molar-refractivity contribution < 1.29 is 21.9 Å². The number of methoxy groups -OCH3 is 1. The van der Waals surface area contributed by atoms with Crippen LogP contribution < -0.4 is 4.74 Å². The van der Waals surface area contributed by atoms with Crippen LogP contribution in [-0.2, 0) is 21.7 Å². The number of hydrogen-bond donors (Lipinski definition) is 0. The number of halogens is 2. The van der Waals surface area contributed by atoms with Gasteiger partial charge in [0.15, 0.2) is 11.6 Å². The van der Waals surface area contributed by atoms with Crippen LogP contribution in [0.4, 0.5) is 8.78 Å². The van der Waals surface area contributed by atoms with Crippen LogP contribution in [0.15, 0.2) is 36.8 Å². The van der Waals surface area contributed by atoms with Gasteiger partial charge in [0.2, 0.25) is 0 Å². The number of aromatic nitrogens is 7. The lowest BCUT2D eigenvalue weighted by Crippen LogP contribution is -2.53. The molecule has 0 unspecified atom stereocenters. The number of fused-ring (bicyclic) bond motifs is 2. The van der Waals surface area contributed by atoms with E-state index in [-0.39, 0.29) is 40.7 Å². The molecule has 2 atom stereocenters. The van der Waals surface area contributed by atoms with Crippen LogP contribution >= 0.6 is 0 Å². The van der Waals surface area contributed by atoms with Gasteiger partial charge in [0.25, 0.3) is 5.95 Å². The molecule has 0 saturated heterocycles. The van der Waals surface area contributed by atoms with Crippen molar-refractivity contribution in [3.05, 3.63) is 71.2 Å². The summed E-state index contributed by atoms with van der Waals surface area (Å²) >= 11 is 0. The minimum Gasteiger partial charge on any atom is -0.493 e. The van der Waals surface area contributed by atoms with Gasteiger partial charge in [0.1, 0.15) is 33.5 Å². The maximum atomic E-state index is 14.6. The average Bonchev–Trinajstić information content (AvgIpc) is 3.40. The first kappa shape index (κ1) is 27.3. The van der Waals surface area contributed by atoms with E-state index in [4.69, 9.17) is 9.72 Å². The monoisotopic (exact) mass is 581 g/mol. The number of rotatable bonds is 7. The van der Waals surface area contributed by atoms with E-state index < -0.39 is 26.9 Å². The molecule has 2 bridgehead atoms. The molecule has 214 valence electrons. The van der Waals surface area contributed by atoms with Crippen LogP contribution in [-0.4, -0.2) is 62.5 Å². The van der Waals surface area contributed by atoms with Crippen molar-refractivity contribution >= 4 is 9.84 Å². The molecule has 41 heavy (non-hydrogen) atoms. The van der Waals surface area contributed by atoms with Gasteiger partial charge < -0.3 is 4.74 Å². The molecule has 1 aromatic carbocycles. The van der Waals surface area contributed by atoms with Crippen molar-refractivity contribution in [2.24, 2.45) is 5.41 Å². The van der Waals surface area contributed by atoms with Crippen LogP contribution in [0.1, 0.15) is 61.8 Å². The minimum absolute atomic E-state index is 0.0710. The Morgan fingerprint density at radius 1 is 1.12 bits per heavy atom. The standard InChI is InChI=1S/C28H29F2N7O3S/c1-27(2)13-16-8-10-28(27,24-17(16)12-20(34-35-24)23-18(29)6-5-7-19(23)30)25-21(40-3)14-31-26(33-25)37-15-32-22(36-37)9-11-41(4,38)39/h5-7,12,14-16H,8-11,13H2,1-4H3/t16-,28-/m1/s1. The zero-order valence-electron chi connectivity index (χ0n) is 23.1. The molecule has 7 rings (SSSR count). The molecule has 0 spiro atoms.